The molecule has 0 aromatic heterocycles. The Labute approximate surface area is 102 Å². The fourth-order valence-electron chi connectivity index (χ4n) is 1.20. The summed E-state index contributed by atoms with van der Waals surface area (Å²) in [5.41, 5.74) is 1.91. The molecule has 4 heteroatoms. The highest BCUT2D eigenvalue weighted by Crippen LogP contribution is 2.18. The van der Waals surface area contributed by atoms with Crippen LogP contribution in [0.1, 0.15) is 5.56 Å². The van der Waals surface area contributed by atoms with Gasteiger partial charge in [0.25, 0.3) is 0 Å². The van der Waals surface area contributed by atoms with E-state index in [1.807, 2.05) is 24.3 Å². The SMILES string of the molecule is C=C(/C=C\C(=C)c1ccc(OC)cc1)B(O)O. The van der Waals surface area contributed by atoms with Crippen LogP contribution in [0.3, 0.4) is 0 Å². The minimum absolute atomic E-state index is 0.222. The monoisotopic (exact) mass is 230 g/mol. The molecule has 0 saturated carbocycles. The number of hydrogen-bond acceptors (Lipinski definition) is 3. The molecule has 0 radical (unpaired) electrons. The highest BCUT2D eigenvalue weighted by atomic mass is 16.5. The van der Waals surface area contributed by atoms with E-state index in [0.29, 0.717) is 0 Å². The van der Waals surface area contributed by atoms with Crippen molar-refractivity contribution in [3.05, 3.63) is 60.6 Å². The Morgan fingerprint density at radius 1 is 1.18 bits per heavy atom. The number of allylic oxidation sites excluding steroid dienone is 4. The molecule has 2 N–H and O–H groups in total. The fourth-order valence-corrected chi connectivity index (χ4v) is 1.20. The Morgan fingerprint density at radius 3 is 2.24 bits per heavy atom. The molecule has 0 bridgehead atoms. The lowest BCUT2D eigenvalue weighted by Crippen LogP contribution is -2.12. The molecular formula is C13H15BO3. The van der Waals surface area contributed by atoms with E-state index in [1.165, 1.54) is 6.08 Å². The normalized spacial score (nSPS) is 10.3. The minimum atomic E-state index is -1.53. The van der Waals surface area contributed by atoms with Crippen LogP contribution in [0.15, 0.2) is 55.0 Å². The molecule has 0 atom stereocenters. The van der Waals surface area contributed by atoms with Crippen LogP contribution in [0.5, 0.6) is 5.75 Å². The third kappa shape index (κ3) is 3.94. The van der Waals surface area contributed by atoms with Crippen molar-refractivity contribution < 1.29 is 14.8 Å². The van der Waals surface area contributed by atoms with Gasteiger partial charge in [-0.3, -0.25) is 0 Å². The van der Waals surface area contributed by atoms with Crippen molar-refractivity contribution in [1.29, 1.82) is 0 Å². The van der Waals surface area contributed by atoms with Crippen molar-refractivity contribution in [2.24, 2.45) is 0 Å². The summed E-state index contributed by atoms with van der Waals surface area (Å²) in [6, 6.07) is 7.43. The Bertz CT molecular complexity index is 432. The predicted octanol–water partition coefficient (Wildman–Crippen LogP) is 1.83. The first-order chi connectivity index (χ1) is 8.04. The Balaban J connectivity index is 2.73. The van der Waals surface area contributed by atoms with Gasteiger partial charge in [-0.15, -0.1) is 0 Å². The van der Waals surface area contributed by atoms with Gasteiger partial charge < -0.3 is 14.8 Å². The van der Waals surface area contributed by atoms with Gasteiger partial charge in [0, 0.05) is 0 Å². The summed E-state index contributed by atoms with van der Waals surface area (Å²) in [6.45, 7) is 7.38. The average molecular weight is 230 g/mol. The molecule has 1 rings (SSSR count). The molecule has 0 fully saturated rings. The lowest BCUT2D eigenvalue weighted by atomic mass is 9.80. The molecule has 1 aromatic carbocycles. The molecule has 17 heavy (non-hydrogen) atoms. The quantitative estimate of drug-likeness (QED) is 0.599. The van der Waals surface area contributed by atoms with Gasteiger partial charge in [-0.05, 0) is 28.7 Å². The molecule has 1 aromatic rings. The van der Waals surface area contributed by atoms with E-state index in [9.17, 15) is 0 Å². The number of ether oxygens (including phenoxy) is 1. The molecule has 0 amide bonds. The van der Waals surface area contributed by atoms with Crippen molar-refractivity contribution in [1.82, 2.24) is 0 Å². The highest BCUT2D eigenvalue weighted by molar-refractivity contribution is 6.51. The summed E-state index contributed by atoms with van der Waals surface area (Å²) in [6.07, 6.45) is 3.21. The fraction of sp³-hybridized carbons (Fsp3) is 0.0769. The maximum atomic E-state index is 8.83. The zero-order valence-electron chi connectivity index (χ0n) is 9.76. The molecule has 88 valence electrons. The summed E-state index contributed by atoms with van der Waals surface area (Å²) in [5, 5.41) is 17.7. The molecular weight excluding hydrogens is 215 g/mol. The van der Waals surface area contributed by atoms with Crippen LogP contribution in [0.2, 0.25) is 0 Å². The largest absolute Gasteiger partial charge is 0.497 e. The standard InChI is InChI=1S/C13H15BO3/c1-10(4-5-11(2)14(15)16)12-6-8-13(17-3)9-7-12/h4-9,15-16H,1-2H2,3H3/b5-4-. The second kappa shape index (κ2) is 6.08. The molecule has 3 nitrogen and oxygen atoms in total. The summed E-state index contributed by atoms with van der Waals surface area (Å²) in [5.74, 6) is 0.778. The van der Waals surface area contributed by atoms with Gasteiger partial charge in [-0.2, -0.15) is 0 Å². The van der Waals surface area contributed by atoms with E-state index in [2.05, 4.69) is 13.2 Å². The van der Waals surface area contributed by atoms with Crippen molar-refractivity contribution in [3.63, 3.8) is 0 Å². The van der Waals surface area contributed by atoms with Crippen molar-refractivity contribution >= 4 is 12.7 Å². The molecule has 0 heterocycles. The van der Waals surface area contributed by atoms with Crippen molar-refractivity contribution in [2.45, 2.75) is 0 Å². The zero-order chi connectivity index (χ0) is 12.8. The number of hydrogen-bond donors (Lipinski definition) is 2. The van der Waals surface area contributed by atoms with Gasteiger partial charge >= 0.3 is 7.12 Å². The van der Waals surface area contributed by atoms with Crippen molar-refractivity contribution in [3.8, 4) is 5.75 Å². The molecule has 0 unspecified atom stereocenters. The molecule has 0 aliphatic carbocycles. The summed E-state index contributed by atoms with van der Waals surface area (Å²) in [4.78, 5) is 0. The third-order valence-electron chi connectivity index (χ3n) is 2.29. The first-order valence-corrected chi connectivity index (χ1v) is 5.11. The van der Waals surface area contributed by atoms with Crippen LogP contribution in [-0.2, 0) is 0 Å². The molecule has 0 saturated heterocycles. The first kappa shape index (κ1) is 13.3. The van der Waals surface area contributed by atoms with Crippen LogP contribution in [0.25, 0.3) is 5.57 Å². The van der Waals surface area contributed by atoms with Crippen LogP contribution in [-0.4, -0.2) is 24.3 Å². The maximum absolute atomic E-state index is 8.83. The van der Waals surface area contributed by atoms with Crippen LogP contribution in [0.4, 0.5) is 0 Å². The highest BCUT2D eigenvalue weighted by Gasteiger charge is 2.08. The van der Waals surface area contributed by atoms with Crippen LogP contribution in [0, 0.1) is 0 Å². The van der Waals surface area contributed by atoms with Crippen LogP contribution < -0.4 is 4.74 Å². The number of benzene rings is 1. The Hall–Kier alpha value is -1.78. The smallest absolute Gasteiger partial charge is 0.487 e. The average Bonchev–Trinajstić information content (AvgIpc) is 2.35. The van der Waals surface area contributed by atoms with E-state index in [1.54, 1.807) is 13.2 Å². The summed E-state index contributed by atoms with van der Waals surface area (Å²) >= 11 is 0. The van der Waals surface area contributed by atoms with E-state index in [0.717, 1.165) is 16.9 Å². The topological polar surface area (TPSA) is 49.7 Å². The Morgan fingerprint density at radius 2 is 1.76 bits per heavy atom. The van der Waals surface area contributed by atoms with E-state index >= 15 is 0 Å². The maximum Gasteiger partial charge on any atom is 0.487 e. The van der Waals surface area contributed by atoms with E-state index in [-0.39, 0.29) is 5.47 Å². The zero-order valence-corrected chi connectivity index (χ0v) is 9.76. The number of methoxy groups -OCH3 is 1. The predicted molar refractivity (Wildman–Crippen MR) is 70.5 cm³/mol. The van der Waals surface area contributed by atoms with Gasteiger partial charge in [0.1, 0.15) is 5.75 Å². The van der Waals surface area contributed by atoms with Crippen molar-refractivity contribution in [2.75, 3.05) is 7.11 Å². The lowest BCUT2D eigenvalue weighted by molar-refractivity contribution is 0.415. The molecule has 0 aliphatic rings. The minimum Gasteiger partial charge on any atom is -0.497 e. The third-order valence-corrected chi connectivity index (χ3v) is 2.29. The second-order valence-corrected chi connectivity index (χ2v) is 3.54. The summed E-state index contributed by atoms with van der Waals surface area (Å²) in [7, 11) is 0.0750. The molecule has 0 spiro atoms. The van der Waals surface area contributed by atoms with Gasteiger partial charge in [0.2, 0.25) is 0 Å². The van der Waals surface area contributed by atoms with Gasteiger partial charge in [-0.25, -0.2) is 0 Å². The van der Waals surface area contributed by atoms with Gasteiger partial charge in [0.05, 0.1) is 7.11 Å². The summed E-state index contributed by atoms with van der Waals surface area (Å²) < 4.78 is 5.05. The van der Waals surface area contributed by atoms with Gasteiger partial charge in [-0.1, -0.05) is 37.4 Å². The lowest BCUT2D eigenvalue weighted by Gasteiger charge is -2.03. The van der Waals surface area contributed by atoms with Crippen LogP contribution >= 0.6 is 0 Å². The number of rotatable bonds is 5. The van der Waals surface area contributed by atoms with E-state index in [4.69, 9.17) is 14.8 Å². The first-order valence-electron chi connectivity index (χ1n) is 5.11. The second-order valence-electron chi connectivity index (χ2n) is 3.54. The van der Waals surface area contributed by atoms with Gasteiger partial charge in [0.15, 0.2) is 0 Å². The Kier molecular flexibility index (Phi) is 4.76. The molecule has 0 aliphatic heterocycles. The van der Waals surface area contributed by atoms with E-state index < -0.39 is 7.12 Å².